The maximum Gasteiger partial charge on any atom is 0.267 e. The predicted octanol–water partition coefficient (Wildman–Crippen LogP) is 4.74. The van der Waals surface area contributed by atoms with Gasteiger partial charge in [0.15, 0.2) is 10.4 Å². The molecule has 0 saturated carbocycles. The topological polar surface area (TPSA) is 64.1 Å². The zero-order valence-corrected chi connectivity index (χ0v) is 16.2. The minimum absolute atomic E-state index is 0.256. The fraction of sp³-hybridized carbons (Fsp3) is 0.438. The zero-order valence-electron chi connectivity index (χ0n) is 13.8. The monoisotopic (exact) mass is 385 g/mol. The predicted molar refractivity (Wildman–Crippen MR) is 100 cm³/mol. The van der Waals surface area contributed by atoms with Crippen LogP contribution in [0.3, 0.4) is 0 Å². The Labute approximate surface area is 155 Å². The smallest absolute Gasteiger partial charge is 0.267 e. The molecule has 8 heteroatoms. The van der Waals surface area contributed by atoms with Crippen LogP contribution in [-0.2, 0) is 4.79 Å². The Morgan fingerprint density at radius 3 is 2.79 bits per heavy atom. The summed E-state index contributed by atoms with van der Waals surface area (Å²) in [5.41, 5.74) is 0. The van der Waals surface area contributed by atoms with Gasteiger partial charge in [0.25, 0.3) is 5.91 Å². The van der Waals surface area contributed by atoms with E-state index in [2.05, 4.69) is 29.4 Å². The average molecular weight is 386 g/mol. The van der Waals surface area contributed by atoms with Crippen LogP contribution in [0.1, 0.15) is 27.2 Å². The van der Waals surface area contributed by atoms with E-state index in [4.69, 9.17) is 16.3 Å². The second-order valence-corrected chi connectivity index (χ2v) is 8.16. The number of benzene rings is 1. The number of para-hydroxylation sites is 1. The molecule has 130 valence electrons. The highest BCUT2D eigenvalue weighted by atomic mass is 35.5. The number of amides is 1. The number of hydrogen-bond donors (Lipinski definition) is 1. The molecule has 2 aromatic rings. The molecule has 24 heavy (non-hydrogen) atoms. The summed E-state index contributed by atoms with van der Waals surface area (Å²) < 4.78 is 6.57. The first-order chi connectivity index (χ1) is 11.5. The average Bonchev–Trinajstić information content (AvgIpc) is 2.99. The van der Waals surface area contributed by atoms with E-state index in [9.17, 15) is 4.79 Å². The molecular formula is C16H20ClN3O2S2. The lowest BCUT2D eigenvalue weighted by Crippen LogP contribution is -2.32. The van der Waals surface area contributed by atoms with Crippen molar-refractivity contribution in [2.24, 2.45) is 5.92 Å². The summed E-state index contributed by atoms with van der Waals surface area (Å²) >= 11 is 9.08. The number of thioether (sulfide) groups is 1. The summed E-state index contributed by atoms with van der Waals surface area (Å²) in [6.45, 7) is 6.17. The largest absolute Gasteiger partial charge is 0.479 e. The van der Waals surface area contributed by atoms with Crippen LogP contribution in [-0.4, -0.2) is 28.0 Å². The van der Waals surface area contributed by atoms with Gasteiger partial charge in [-0.3, -0.25) is 10.1 Å². The van der Waals surface area contributed by atoms with Gasteiger partial charge in [-0.2, -0.15) is 0 Å². The Kier molecular flexibility index (Phi) is 7.33. The molecule has 0 saturated heterocycles. The molecule has 1 unspecified atom stereocenters. The van der Waals surface area contributed by atoms with E-state index in [0.717, 1.165) is 10.1 Å². The van der Waals surface area contributed by atoms with Gasteiger partial charge < -0.3 is 4.74 Å². The van der Waals surface area contributed by atoms with Crippen molar-refractivity contribution in [3.05, 3.63) is 29.3 Å². The van der Waals surface area contributed by atoms with Gasteiger partial charge in [-0.15, -0.1) is 10.2 Å². The van der Waals surface area contributed by atoms with Gasteiger partial charge in [-0.1, -0.05) is 67.6 Å². The molecule has 2 rings (SSSR count). The van der Waals surface area contributed by atoms with Crippen LogP contribution in [0.25, 0.3) is 0 Å². The normalized spacial score (nSPS) is 12.2. The van der Waals surface area contributed by atoms with Crippen LogP contribution in [0.4, 0.5) is 5.13 Å². The number of nitrogens with zero attached hydrogens (tertiary/aromatic N) is 2. The van der Waals surface area contributed by atoms with Crippen LogP contribution in [0.5, 0.6) is 5.75 Å². The van der Waals surface area contributed by atoms with Crippen molar-refractivity contribution in [3.8, 4) is 5.75 Å². The Morgan fingerprint density at radius 2 is 2.12 bits per heavy atom. The fourth-order valence-corrected chi connectivity index (χ4v) is 3.67. The van der Waals surface area contributed by atoms with E-state index >= 15 is 0 Å². The molecule has 0 aliphatic carbocycles. The van der Waals surface area contributed by atoms with Gasteiger partial charge in [0.05, 0.1) is 5.02 Å². The molecule has 1 amide bonds. The first-order valence-corrected chi connectivity index (χ1v) is 9.86. The summed E-state index contributed by atoms with van der Waals surface area (Å²) in [5.74, 6) is 1.78. The van der Waals surface area contributed by atoms with E-state index in [-0.39, 0.29) is 5.91 Å². The van der Waals surface area contributed by atoms with E-state index in [1.54, 1.807) is 23.9 Å². The molecule has 1 heterocycles. The van der Waals surface area contributed by atoms with Crippen molar-refractivity contribution < 1.29 is 9.53 Å². The number of hydrogen-bond acceptors (Lipinski definition) is 6. The molecule has 1 atom stereocenters. The highest BCUT2D eigenvalue weighted by molar-refractivity contribution is 8.01. The Bertz CT molecular complexity index is 679. The molecular weight excluding hydrogens is 366 g/mol. The third-order valence-corrected chi connectivity index (χ3v) is 5.66. The van der Waals surface area contributed by atoms with Crippen molar-refractivity contribution in [1.82, 2.24) is 10.2 Å². The first kappa shape index (κ1) is 19.0. The lowest BCUT2D eigenvalue weighted by molar-refractivity contribution is -0.122. The molecule has 1 aromatic heterocycles. The SMILES string of the molecule is CCC(Oc1ccccc1Cl)C(=O)Nc1nnc(SCC(C)C)s1. The number of halogens is 1. The summed E-state index contributed by atoms with van der Waals surface area (Å²) in [6, 6.07) is 7.09. The maximum absolute atomic E-state index is 12.4. The van der Waals surface area contributed by atoms with E-state index in [1.807, 2.05) is 19.1 Å². The van der Waals surface area contributed by atoms with Crippen molar-refractivity contribution >= 4 is 45.7 Å². The van der Waals surface area contributed by atoms with E-state index in [0.29, 0.717) is 28.2 Å². The van der Waals surface area contributed by atoms with Crippen LogP contribution in [0, 0.1) is 5.92 Å². The number of carbonyl (C=O) groups excluding carboxylic acids is 1. The molecule has 1 aromatic carbocycles. The molecule has 0 fully saturated rings. The van der Waals surface area contributed by atoms with Crippen LogP contribution >= 0.6 is 34.7 Å². The molecule has 1 N–H and O–H groups in total. The molecule has 0 aliphatic heterocycles. The summed E-state index contributed by atoms with van der Waals surface area (Å²) in [7, 11) is 0. The van der Waals surface area contributed by atoms with Gasteiger partial charge in [-0.25, -0.2) is 0 Å². The van der Waals surface area contributed by atoms with Crippen molar-refractivity contribution in [3.63, 3.8) is 0 Å². The number of aromatic nitrogens is 2. The van der Waals surface area contributed by atoms with Crippen molar-refractivity contribution in [2.45, 2.75) is 37.6 Å². The van der Waals surface area contributed by atoms with Crippen LogP contribution in [0.15, 0.2) is 28.6 Å². The third kappa shape index (κ3) is 5.65. The molecule has 0 aliphatic rings. The summed E-state index contributed by atoms with van der Waals surface area (Å²) in [5, 5.41) is 11.8. The zero-order chi connectivity index (χ0) is 17.5. The highest BCUT2D eigenvalue weighted by Crippen LogP contribution is 2.28. The van der Waals surface area contributed by atoms with Crippen molar-refractivity contribution in [1.29, 1.82) is 0 Å². The fourth-order valence-electron chi connectivity index (χ4n) is 1.76. The van der Waals surface area contributed by atoms with Gasteiger partial charge in [0, 0.05) is 5.75 Å². The summed E-state index contributed by atoms with van der Waals surface area (Å²) in [4.78, 5) is 12.4. The number of nitrogens with one attached hydrogen (secondary N) is 1. The lowest BCUT2D eigenvalue weighted by Gasteiger charge is -2.17. The Balaban J connectivity index is 1.95. The van der Waals surface area contributed by atoms with E-state index < -0.39 is 6.10 Å². The number of anilines is 1. The van der Waals surface area contributed by atoms with Gasteiger partial charge >= 0.3 is 0 Å². The second kappa shape index (κ2) is 9.25. The number of carbonyl (C=O) groups is 1. The third-order valence-electron chi connectivity index (χ3n) is 2.95. The Morgan fingerprint density at radius 1 is 1.38 bits per heavy atom. The molecule has 0 radical (unpaired) electrons. The number of ether oxygens (including phenoxy) is 1. The molecule has 5 nitrogen and oxygen atoms in total. The standard InChI is InChI=1S/C16H20ClN3O2S2/c1-4-12(22-13-8-6-5-7-11(13)17)14(21)18-15-19-20-16(24-15)23-9-10(2)3/h5-8,10,12H,4,9H2,1-3H3,(H,18,19,21). The van der Waals surface area contributed by atoms with Gasteiger partial charge in [0.1, 0.15) is 5.75 Å². The quantitative estimate of drug-likeness (QED) is 0.525. The maximum atomic E-state index is 12.4. The minimum atomic E-state index is -0.638. The van der Waals surface area contributed by atoms with Crippen LogP contribution in [0.2, 0.25) is 5.02 Å². The summed E-state index contributed by atoms with van der Waals surface area (Å²) in [6.07, 6.45) is -0.120. The number of rotatable bonds is 8. The molecule has 0 bridgehead atoms. The van der Waals surface area contributed by atoms with Crippen molar-refractivity contribution in [2.75, 3.05) is 11.1 Å². The second-order valence-electron chi connectivity index (χ2n) is 5.51. The van der Waals surface area contributed by atoms with Crippen LogP contribution < -0.4 is 10.1 Å². The first-order valence-electron chi connectivity index (χ1n) is 7.68. The Hall–Kier alpha value is -1.31. The van der Waals surface area contributed by atoms with Gasteiger partial charge in [-0.05, 0) is 24.5 Å². The lowest BCUT2D eigenvalue weighted by atomic mass is 10.2. The van der Waals surface area contributed by atoms with E-state index in [1.165, 1.54) is 11.3 Å². The highest BCUT2D eigenvalue weighted by Gasteiger charge is 2.21. The molecule has 0 spiro atoms. The minimum Gasteiger partial charge on any atom is -0.479 e. The van der Waals surface area contributed by atoms with Gasteiger partial charge in [0.2, 0.25) is 5.13 Å².